The number of nitro groups is 1. The van der Waals surface area contributed by atoms with Crippen molar-refractivity contribution in [2.75, 3.05) is 6.54 Å². The van der Waals surface area contributed by atoms with Gasteiger partial charge in [-0.05, 0) is 72.6 Å². The first kappa shape index (κ1) is 28.3. The molecule has 8 nitrogen and oxygen atoms in total. The van der Waals surface area contributed by atoms with Crippen molar-refractivity contribution in [2.45, 2.75) is 43.6 Å². The molecule has 11 heteroatoms. The van der Waals surface area contributed by atoms with Gasteiger partial charge in [-0.2, -0.15) is 8.42 Å². The van der Waals surface area contributed by atoms with E-state index in [-0.39, 0.29) is 28.2 Å². The third kappa shape index (κ3) is 9.29. The molecule has 1 aliphatic carbocycles. The average molecular weight is 535 g/mol. The van der Waals surface area contributed by atoms with Gasteiger partial charge in [0.2, 0.25) is 0 Å². The minimum atomic E-state index is -4.67. The quantitative estimate of drug-likeness (QED) is 0.202. The highest BCUT2D eigenvalue weighted by Gasteiger charge is 2.24. The van der Waals surface area contributed by atoms with E-state index in [1.807, 2.05) is 12.1 Å². The Balaban J connectivity index is 0.000000695. The standard InChI is InChI=1S/C26H26F2N2O2.H2O4S/c27-22-9-1-20(2-10-22)26(21-3-11-23(28)12-4-21)17-29-24-13-5-18(6-14-24)19-7-15-25(16-8-19)30(31)32;1-5(2,3)4/h1-4,7-12,15-16,18,24,26,29H,5-6,13-14,17H2;(H2,1,2,3,4). The van der Waals surface area contributed by atoms with E-state index in [0.717, 1.165) is 42.4 Å². The van der Waals surface area contributed by atoms with Gasteiger partial charge in [0, 0.05) is 30.6 Å². The first-order valence-corrected chi connectivity index (χ1v) is 13.1. The van der Waals surface area contributed by atoms with E-state index in [9.17, 15) is 18.9 Å². The molecule has 0 spiro atoms. The first-order valence-electron chi connectivity index (χ1n) is 11.7. The third-order valence-electron chi connectivity index (χ3n) is 6.46. The van der Waals surface area contributed by atoms with Crippen LogP contribution in [-0.4, -0.2) is 35.0 Å². The number of nitrogens with one attached hydrogen (secondary N) is 1. The number of non-ortho nitro benzene ring substituents is 1. The van der Waals surface area contributed by atoms with Gasteiger partial charge in [-0.1, -0.05) is 36.4 Å². The fraction of sp³-hybridized carbons (Fsp3) is 0.308. The Morgan fingerprint density at radius 2 is 1.27 bits per heavy atom. The molecule has 0 atom stereocenters. The molecule has 0 bridgehead atoms. The smallest absolute Gasteiger partial charge is 0.313 e. The maximum Gasteiger partial charge on any atom is 0.394 e. The second kappa shape index (κ2) is 12.8. The first-order chi connectivity index (χ1) is 17.5. The molecule has 37 heavy (non-hydrogen) atoms. The number of rotatable bonds is 7. The summed E-state index contributed by atoms with van der Waals surface area (Å²) in [6.45, 7) is 0.685. The number of nitrogens with zero attached hydrogens (tertiary/aromatic N) is 1. The predicted molar refractivity (Wildman–Crippen MR) is 135 cm³/mol. The molecular weight excluding hydrogens is 506 g/mol. The molecule has 3 aromatic rings. The van der Waals surface area contributed by atoms with E-state index >= 15 is 0 Å². The summed E-state index contributed by atoms with van der Waals surface area (Å²) in [6.07, 6.45) is 4.07. The lowest BCUT2D eigenvalue weighted by atomic mass is 9.81. The second-order valence-corrected chi connectivity index (χ2v) is 9.80. The molecule has 1 saturated carbocycles. The van der Waals surface area contributed by atoms with E-state index in [4.69, 9.17) is 17.5 Å². The van der Waals surface area contributed by atoms with Crippen LogP contribution in [0.15, 0.2) is 72.8 Å². The Morgan fingerprint density at radius 1 is 0.838 bits per heavy atom. The largest absolute Gasteiger partial charge is 0.394 e. The lowest BCUT2D eigenvalue weighted by molar-refractivity contribution is -0.384. The fourth-order valence-electron chi connectivity index (χ4n) is 4.60. The SMILES string of the molecule is O=S(=O)(O)O.O=[N+]([O-])c1ccc(C2CCC(NCC(c3ccc(F)cc3)c3ccc(F)cc3)CC2)cc1. The van der Waals surface area contributed by atoms with Crippen LogP contribution in [0.4, 0.5) is 14.5 Å². The summed E-state index contributed by atoms with van der Waals surface area (Å²) in [6, 6.07) is 20.3. The molecule has 4 rings (SSSR count). The summed E-state index contributed by atoms with van der Waals surface area (Å²) >= 11 is 0. The second-order valence-electron chi connectivity index (χ2n) is 8.91. The van der Waals surface area contributed by atoms with E-state index in [2.05, 4.69) is 5.32 Å². The van der Waals surface area contributed by atoms with Crippen molar-refractivity contribution < 1.29 is 31.2 Å². The molecule has 0 amide bonds. The van der Waals surface area contributed by atoms with Crippen LogP contribution >= 0.6 is 0 Å². The lowest BCUT2D eigenvalue weighted by Crippen LogP contribution is -2.35. The lowest BCUT2D eigenvalue weighted by Gasteiger charge is -2.31. The van der Waals surface area contributed by atoms with Crippen LogP contribution in [-0.2, 0) is 10.4 Å². The van der Waals surface area contributed by atoms with Crippen LogP contribution < -0.4 is 5.32 Å². The average Bonchev–Trinajstić information content (AvgIpc) is 2.86. The van der Waals surface area contributed by atoms with Gasteiger partial charge in [-0.25, -0.2) is 8.78 Å². The van der Waals surface area contributed by atoms with Crippen LogP contribution in [0.25, 0.3) is 0 Å². The van der Waals surface area contributed by atoms with Crippen molar-refractivity contribution in [3.8, 4) is 0 Å². The number of halogens is 2. The molecule has 0 aromatic heterocycles. The maximum atomic E-state index is 13.4. The van der Waals surface area contributed by atoms with Crippen molar-refractivity contribution >= 4 is 16.1 Å². The van der Waals surface area contributed by atoms with Crippen LogP contribution in [0.5, 0.6) is 0 Å². The summed E-state index contributed by atoms with van der Waals surface area (Å²) in [5.41, 5.74) is 3.26. The molecule has 1 aliphatic rings. The highest BCUT2D eigenvalue weighted by Crippen LogP contribution is 2.34. The van der Waals surface area contributed by atoms with Gasteiger partial charge in [0.25, 0.3) is 5.69 Å². The molecule has 3 aromatic carbocycles. The van der Waals surface area contributed by atoms with Crippen molar-refractivity contribution in [1.82, 2.24) is 5.32 Å². The summed E-state index contributed by atoms with van der Waals surface area (Å²) in [5, 5.41) is 14.5. The third-order valence-corrected chi connectivity index (χ3v) is 6.46. The highest BCUT2D eigenvalue weighted by atomic mass is 32.3. The van der Waals surface area contributed by atoms with Gasteiger partial charge in [0.05, 0.1) is 4.92 Å². The molecule has 0 saturated heterocycles. The molecular formula is C26H28F2N2O6S. The molecule has 0 aliphatic heterocycles. The fourth-order valence-corrected chi connectivity index (χ4v) is 4.60. The van der Waals surface area contributed by atoms with Crippen LogP contribution in [0.1, 0.15) is 54.2 Å². The summed E-state index contributed by atoms with van der Waals surface area (Å²) in [4.78, 5) is 10.5. The Bertz CT molecular complexity index is 1210. The minimum Gasteiger partial charge on any atom is -0.313 e. The van der Waals surface area contributed by atoms with Crippen LogP contribution in [0.3, 0.4) is 0 Å². The van der Waals surface area contributed by atoms with Crippen molar-refractivity contribution in [2.24, 2.45) is 0 Å². The number of nitro benzene ring substituents is 1. The zero-order valence-electron chi connectivity index (χ0n) is 19.8. The van der Waals surface area contributed by atoms with Gasteiger partial charge in [-0.15, -0.1) is 0 Å². The molecule has 0 radical (unpaired) electrons. The zero-order valence-corrected chi connectivity index (χ0v) is 20.7. The van der Waals surface area contributed by atoms with E-state index in [0.29, 0.717) is 18.5 Å². The van der Waals surface area contributed by atoms with Crippen molar-refractivity contribution in [1.29, 1.82) is 0 Å². The highest BCUT2D eigenvalue weighted by molar-refractivity contribution is 7.79. The number of benzene rings is 3. The zero-order chi connectivity index (χ0) is 27.0. The number of hydrogen-bond donors (Lipinski definition) is 3. The van der Waals surface area contributed by atoms with Gasteiger partial charge in [0.1, 0.15) is 11.6 Å². The van der Waals surface area contributed by atoms with Crippen LogP contribution in [0, 0.1) is 21.7 Å². The molecule has 0 unspecified atom stereocenters. The van der Waals surface area contributed by atoms with E-state index in [1.165, 1.54) is 24.3 Å². The molecule has 0 heterocycles. The van der Waals surface area contributed by atoms with Gasteiger partial charge in [-0.3, -0.25) is 19.2 Å². The van der Waals surface area contributed by atoms with Crippen molar-refractivity contribution in [3.05, 3.63) is 111 Å². The van der Waals surface area contributed by atoms with E-state index in [1.54, 1.807) is 36.4 Å². The minimum absolute atomic E-state index is 0.00333. The Kier molecular flexibility index (Phi) is 9.81. The van der Waals surface area contributed by atoms with Gasteiger partial charge < -0.3 is 5.32 Å². The Hall–Kier alpha value is -3.25. The van der Waals surface area contributed by atoms with Gasteiger partial charge in [0.15, 0.2) is 0 Å². The molecule has 1 fully saturated rings. The van der Waals surface area contributed by atoms with Crippen LogP contribution in [0.2, 0.25) is 0 Å². The Labute approximate surface area is 214 Å². The number of hydrogen-bond acceptors (Lipinski definition) is 5. The summed E-state index contributed by atoms with van der Waals surface area (Å²) in [7, 11) is -4.67. The van der Waals surface area contributed by atoms with Gasteiger partial charge >= 0.3 is 10.4 Å². The predicted octanol–water partition coefficient (Wildman–Crippen LogP) is 5.67. The molecule has 198 valence electrons. The Morgan fingerprint density at radius 3 is 1.68 bits per heavy atom. The van der Waals surface area contributed by atoms with Crippen molar-refractivity contribution in [3.63, 3.8) is 0 Å². The summed E-state index contributed by atoms with van der Waals surface area (Å²) in [5.74, 6) is -0.129. The normalized spacial score (nSPS) is 17.6. The maximum absolute atomic E-state index is 13.4. The topological polar surface area (TPSA) is 130 Å². The summed E-state index contributed by atoms with van der Waals surface area (Å²) < 4.78 is 58.4. The molecule has 3 N–H and O–H groups in total. The van der Waals surface area contributed by atoms with E-state index < -0.39 is 10.4 Å². The monoisotopic (exact) mass is 534 g/mol.